The van der Waals surface area contributed by atoms with Gasteiger partial charge in [-0.25, -0.2) is 0 Å². The summed E-state index contributed by atoms with van der Waals surface area (Å²) in [5.41, 5.74) is 0.530. The topological polar surface area (TPSA) is 55.1 Å². The Kier molecular flexibility index (Phi) is 2.93. The van der Waals surface area contributed by atoms with Gasteiger partial charge in [0.05, 0.1) is 11.9 Å². The van der Waals surface area contributed by atoms with Gasteiger partial charge < -0.3 is 5.21 Å². The number of aromatic nitrogens is 2. The summed E-state index contributed by atoms with van der Waals surface area (Å²) in [5, 5.41) is 9.56. The van der Waals surface area contributed by atoms with Crippen molar-refractivity contribution in [2.45, 2.75) is 39.5 Å². The van der Waals surface area contributed by atoms with Crippen LogP contribution in [0.5, 0.6) is 0 Å². The standard InChI is InChI=1S/C10H16N2O2/c1-6(2)8-5-11-9(7(3)4)10(13)12(8)14/h5-7,14H,1-4H3. The molecule has 4 nitrogen and oxygen atoms in total. The fourth-order valence-electron chi connectivity index (χ4n) is 1.26. The van der Waals surface area contributed by atoms with Crippen molar-refractivity contribution in [3.8, 4) is 0 Å². The molecule has 1 rings (SSSR count). The minimum atomic E-state index is -0.411. The van der Waals surface area contributed by atoms with Crippen LogP contribution in [-0.4, -0.2) is 14.9 Å². The van der Waals surface area contributed by atoms with Crippen LogP contribution in [0.25, 0.3) is 0 Å². The Morgan fingerprint density at radius 2 is 1.86 bits per heavy atom. The molecule has 1 aromatic heterocycles. The minimum Gasteiger partial charge on any atom is -0.425 e. The first-order valence-electron chi connectivity index (χ1n) is 4.76. The molecule has 0 radical (unpaired) electrons. The summed E-state index contributed by atoms with van der Waals surface area (Å²) in [5.74, 6) is 0.114. The predicted octanol–water partition coefficient (Wildman–Crippen LogP) is 1.73. The van der Waals surface area contributed by atoms with Gasteiger partial charge in [0.15, 0.2) is 0 Å². The molecule has 0 atom stereocenters. The van der Waals surface area contributed by atoms with Crippen molar-refractivity contribution in [2.75, 3.05) is 0 Å². The van der Waals surface area contributed by atoms with E-state index in [0.29, 0.717) is 16.1 Å². The fourth-order valence-corrected chi connectivity index (χ4v) is 1.26. The van der Waals surface area contributed by atoms with Crippen LogP contribution in [0.1, 0.15) is 50.9 Å². The van der Waals surface area contributed by atoms with Gasteiger partial charge in [0.25, 0.3) is 0 Å². The lowest BCUT2D eigenvalue weighted by molar-refractivity contribution is 0.159. The van der Waals surface area contributed by atoms with E-state index < -0.39 is 5.56 Å². The summed E-state index contributed by atoms with van der Waals surface area (Å²) in [6.07, 6.45) is 1.56. The third-order valence-corrected chi connectivity index (χ3v) is 2.13. The van der Waals surface area contributed by atoms with E-state index in [1.807, 2.05) is 27.7 Å². The summed E-state index contributed by atoms with van der Waals surface area (Å²) >= 11 is 0. The normalized spacial score (nSPS) is 11.3. The number of hydrogen-bond acceptors (Lipinski definition) is 3. The molecular weight excluding hydrogens is 180 g/mol. The molecule has 0 aliphatic heterocycles. The zero-order valence-electron chi connectivity index (χ0n) is 8.98. The van der Waals surface area contributed by atoms with Crippen molar-refractivity contribution in [2.24, 2.45) is 0 Å². The highest BCUT2D eigenvalue weighted by molar-refractivity contribution is 5.09. The molecule has 0 spiro atoms. The summed E-state index contributed by atoms with van der Waals surface area (Å²) in [4.78, 5) is 15.7. The van der Waals surface area contributed by atoms with Crippen LogP contribution in [0.4, 0.5) is 0 Å². The number of rotatable bonds is 2. The van der Waals surface area contributed by atoms with E-state index in [9.17, 15) is 10.0 Å². The molecule has 14 heavy (non-hydrogen) atoms. The summed E-state index contributed by atoms with van der Waals surface area (Å²) < 4.78 is 0.701. The highest BCUT2D eigenvalue weighted by Gasteiger charge is 2.13. The van der Waals surface area contributed by atoms with Crippen LogP contribution in [0.2, 0.25) is 0 Å². The summed E-state index contributed by atoms with van der Waals surface area (Å²) in [7, 11) is 0. The number of nitrogens with zero attached hydrogens (tertiary/aromatic N) is 2. The molecule has 4 heteroatoms. The van der Waals surface area contributed by atoms with Crippen molar-refractivity contribution >= 4 is 0 Å². The van der Waals surface area contributed by atoms with E-state index >= 15 is 0 Å². The first-order chi connectivity index (χ1) is 6.45. The molecule has 0 aromatic carbocycles. The van der Waals surface area contributed by atoms with Gasteiger partial charge in [-0.3, -0.25) is 9.78 Å². The molecule has 78 valence electrons. The molecule has 1 heterocycles. The van der Waals surface area contributed by atoms with Crippen molar-refractivity contribution < 1.29 is 5.21 Å². The van der Waals surface area contributed by atoms with E-state index in [-0.39, 0.29) is 11.8 Å². The predicted molar refractivity (Wildman–Crippen MR) is 53.9 cm³/mol. The Morgan fingerprint density at radius 1 is 1.29 bits per heavy atom. The maximum absolute atomic E-state index is 11.6. The quantitative estimate of drug-likeness (QED) is 0.733. The van der Waals surface area contributed by atoms with Gasteiger partial charge in [0, 0.05) is 5.92 Å². The lowest BCUT2D eigenvalue weighted by Crippen LogP contribution is -2.27. The van der Waals surface area contributed by atoms with Crippen molar-refractivity contribution in [1.29, 1.82) is 0 Å². The molecule has 0 unspecified atom stereocenters. The Bertz CT molecular complexity index is 380. The average Bonchev–Trinajstić information content (AvgIpc) is 2.08. The molecule has 0 fully saturated rings. The van der Waals surface area contributed by atoms with Crippen molar-refractivity contribution in [3.05, 3.63) is 27.9 Å². The van der Waals surface area contributed by atoms with E-state index in [1.54, 1.807) is 6.20 Å². The van der Waals surface area contributed by atoms with E-state index in [0.717, 1.165) is 0 Å². The Balaban J connectivity index is 3.34. The molecule has 0 aliphatic carbocycles. The fraction of sp³-hybridized carbons (Fsp3) is 0.600. The Morgan fingerprint density at radius 3 is 2.29 bits per heavy atom. The van der Waals surface area contributed by atoms with Crippen LogP contribution in [0.15, 0.2) is 11.0 Å². The van der Waals surface area contributed by atoms with Gasteiger partial charge in [0.2, 0.25) is 0 Å². The van der Waals surface area contributed by atoms with Gasteiger partial charge in [-0.15, -0.1) is 4.73 Å². The van der Waals surface area contributed by atoms with Crippen LogP contribution >= 0.6 is 0 Å². The second-order valence-corrected chi connectivity index (χ2v) is 3.99. The average molecular weight is 196 g/mol. The highest BCUT2D eigenvalue weighted by Crippen LogP contribution is 2.12. The SMILES string of the molecule is CC(C)c1ncc(C(C)C)n(O)c1=O. The van der Waals surface area contributed by atoms with Gasteiger partial charge in [0.1, 0.15) is 5.69 Å². The van der Waals surface area contributed by atoms with Gasteiger partial charge in [-0.2, -0.15) is 0 Å². The molecule has 0 amide bonds. The zero-order chi connectivity index (χ0) is 10.9. The molecule has 0 saturated carbocycles. The van der Waals surface area contributed by atoms with Crippen molar-refractivity contribution in [1.82, 2.24) is 9.71 Å². The minimum absolute atomic E-state index is 0.0297. The van der Waals surface area contributed by atoms with E-state index in [2.05, 4.69) is 4.98 Å². The van der Waals surface area contributed by atoms with Crippen LogP contribution in [0.3, 0.4) is 0 Å². The first kappa shape index (κ1) is 10.8. The molecule has 1 aromatic rings. The Labute approximate surface area is 83.2 Å². The third kappa shape index (κ3) is 1.78. The highest BCUT2D eigenvalue weighted by atomic mass is 16.5. The van der Waals surface area contributed by atoms with Crippen LogP contribution in [-0.2, 0) is 0 Å². The molecule has 1 N–H and O–H groups in total. The third-order valence-electron chi connectivity index (χ3n) is 2.13. The summed E-state index contributed by atoms with van der Waals surface area (Å²) in [6.45, 7) is 7.55. The van der Waals surface area contributed by atoms with E-state index in [4.69, 9.17) is 0 Å². The van der Waals surface area contributed by atoms with Crippen LogP contribution in [0, 0.1) is 0 Å². The molecule has 0 bridgehead atoms. The maximum Gasteiger partial charge on any atom is 0.304 e. The Hall–Kier alpha value is -1.32. The largest absolute Gasteiger partial charge is 0.425 e. The molecular formula is C10H16N2O2. The van der Waals surface area contributed by atoms with Crippen LogP contribution < -0.4 is 5.56 Å². The first-order valence-corrected chi connectivity index (χ1v) is 4.76. The summed E-state index contributed by atoms with van der Waals surface area (Å²) in [6, 6.07) is 0. The smallest absolute Gasteiger partial charge is 0.304 e. The monoisotopic (exact) mass is 196 g/mol. The number of hydrogen-bond donors (Lipinski definition) is 1. The lowest BCUT2D eigenvalue weighted by Gasteiger charge is -2.11. The van der Waals surface area contributed by atoms with Gasteiger partial charge in [-0.05, 0) is 5.92 Å². The molecule has 0 aliphatic rings. The van der Waals surface area contributed by atoms with Crippen molar-refractivity contribution in [3.63, 3.8) is 0 Å². The second-order valence-electron chi connectivity index (χ2n) is 3.99. The van der Waals surface area contributed by atoms with E-state index in [1.165, 1.54) is 0 Å². The lowest BCUT2D eigenvalue weighted by atomic mass is 10.1. The van der Waals surface area contributed by atoms with Gasteiger partial charge >= 0.3 is 5.56 Å². The molecule has 0 saturated heterocycles. The zero-order valence-corrected chi connectivity index (χ0v) is 8.98. The second kappa shape index (κ2) is 3.82. The maximum atomic E-state index is 11.6. The van der Waals surface area contributed by atoms with Gasteiger partial charge in [-0.1, -0.05) is 27.7 Å².